The van der Waals surface area contributed by atoms with Crippen molar-refractivity contribution in [3.05, 3.63) is 12.3 Å². The maximum Gasteiger partial charge on any atom is 0.472 e. The van der Waals surface area contributed by atoms with Gasteiger partial charge in [-0.2, -0.15) is 0 Å². The summed E-state index contributed by atoms with van der Waals surface area (Å²) < 4.78 is 33.2. The fraction of sp³-hybridized carbons (Fsp3) is 0.932. The van der Waals surface area contributed by atoms with Crippen LogP contribution in [-0.2, 0) is 27.9 Å². The highest BCUT2D eigenvalue weighted by molar-refractivity contribution is 7.47. The predicted molar refractivity (Wildman–Crippen MR) is 224 cm³/mol. The lowest BCUT2D eigenvalue weighted by Gasteiger charge is -2.19. The van der Waals surface area contributed by atoms with Crippen LogP contribution in [0, 0.1) is 0 Å². The maximum atomic E-state index is 12.6. The summed E-state index contributed by atoms with van der Waals surface area (Å²) in [6.45, 7) is 4.28. The second-order valence-corrected chi connectivity index (χ2v) is 16.8. The van der Waals surface area contributed by atoms with Gasteiger partial charge >= 0.3 is 13.8 Å². The lowest BCUT2D eigenvalue weighted by molar-refractivity contribution is -0.153. The number of hydrogen-bond acceptors (Lipinski definition) is 7. The first-order chi connectivity index (χ1) is 25.9. The summed E-state index contributed by atoms with van der Waals surface area (Å²) in [4.78, 5) is 22.5. The van der Waals surface area contributed by atoms with Gasteiger partial charge < -0.3 is 20.1 Å². The Morgan fingerprint density at radius 1 is 0.566 bits per heavy atom. The van der Waals surface area contributed by atoms with Crippen LogP contribution in [0.25, 0.3) is 0 Å². The van der Waals surface area contributed by atoms with Gasteiger partial charge in [-0.3, -0.25) is 13.8 Å². The van der Waals surface area contributed by atoms with Gasteiger partial charge in [0.1, 0.15) is 6.61 Å². The number of hydrogen-bond donors (Lipinski definition) is 2. The second kappa shape index (κ2) is 42.2. The van der Waals surface area contributed by atoms with Crippen molar-refractivity contribution in [3.8, 4) is 0 Å². The number of nitrogens with two attached hydrogens (primary N) is 1. The molecule has 0 aliphatic heterocycles. The van der Waals surface area contributed by atoms with Crippen LogP contribution in [0.3, 0.4) is 0 Å². The Labute approximate surface area is 328 Å². The molecule has 316 valence electrons. The predicted octanol–water partition coefficient (Wildman–Crippen LogP) is 13.8. The van der Waals surface area contributed by atoms with Gasteiger partial charge in [0.05, 0.1) is 19.5 Å². The largest absolute Gasteiger partial charge is 0.498 e. The molecule has 0 radical (unpaired) electrons. The quantitative estimate of drug-likeness (QED) is 0.0272. The SMILES string of the molecule is CCCCCCCCCCCCCC/C=C/OC[C@H](COP(=O)(O)OCCN)OC(=O)CCCCCCCCCCCCCCCCCCCCCC. The van der Waals surface area contributed by atoms with Crippen molar-refractivity contribution in [1.29, 1.82) is 0 Å². The lowest BCUT2D eigenvalue weighted by atomic mass is 10.0. The third-order valence-electron chi connectivity index (χ3n) is 10.0. The normalized spacial score (nSPS) is 13.4. The molecule has 2 atom stereocenters. The number of ether oxygens (including phenoxy) is 2. The van der Waals surface area contributed by atoms with Crippen LogP contribution < -0.4 is 5.73 Å². The zero-order valence-corrected chi connectivity index (χ0v) is 35.9. The van der Waals surface area contributed by atoms with Gasteiger partial charge in [0.15, 0.2) is 6.10 Å². The van der Waals surface area contributed by atoms with Gasteiger partial charge in [0, 0.05) is 13.0 Å². The minimum absolute atomic E-state index is 0.0385. The average Bonchev–Trinajstić information content (AvgIpc) is 3.15. The van der Waals surface area contributed by atoms with E-state index in [-0.39, 0.29) is 32.3 Å². The third kappa shape index (κ3) is 42.1. The standard InChI is InChI=1S/C44H88NO7P/c1-3-5-7-9-11-13-15-17-19-20-21-22-23-24-25-27-29-31-33-35-37-44(46)52-43(42-51-53(47,48)50-40-38-45)41-49-39-36-34-32-30-28-26-18-16-14-12-10-8-6-4-2/h36,39,43H,3-35,37-38,40-42,45H2,1-2H3,(H,47,48)/b39-36+/t43-/m1/s1. The molecule has 0 saturated carbocycles. The van der Waals surface area contributed by atoms with Crippen LogP contribution in [0.2, 0.25) is 0 Å². The van der Waals surface area contributed by atoms with E-state index in [4.69, 9.17) is 24.3 Å². The Hall–Kier alpha value is -0.920. The summed E-state index contributed by atoms with van der Waals surface area (Å²) in [5, 5.41) is 0. The van der Waals surface area contributed by atoms with E-state index in [0.717, 1.165) is 32.1 Å². The fourth-order valence-corrected chi connectivity index (χ4v) is 7.44. The molecule has 0 heterocycles. The minimum Gasteiger partial charge on any atom is -0.498 e. The third-order valence-corrected chi connectivity index (χ3v) is 11.0. The molecule has 0 aromatic heterocycles. The Bertz CT molecular complexity index is 828. The van der Waals surface area contributed by atoms with Crippen molar-refractivity contribution >= 4 is 13.8 Å². The van der Waals surface area contributed by atoms with Gasteiger partial charge in [-0.15, -0.1) is 0 Å². The van der Waals surface area contributed by atoms with Gasteiger partial charge in [-0.05, 0) is 25.3 Å². The Morgan fingerprint density at radius 3 is 1.34 bits per heavy atom. The number of esters is 1. The summed E-state index contributed by atoms with van der Waals surface area (Å²) in [7, 11) is -4.29. The van der Waals surface area contributed by atoms with E-state index in [9.17, 15) is 14.3 Å². The molecule has 1 unspecified atom stereocenters. The molecular weight excluding hydrogens is 685 g/mol. The van der Waals surface area contributed by atoms with Crippen LogP contribution in [0.15, 0.2) is 12.3 Å². The summed E-state index contributed by atoms with van der Waals surface area (Å²) in [6.07, 6.45) is 46.1. The van der Waals surface area contributed by atoms with E-state index < -0.39 is 13.9 Å². The smallest absolute Gasteiger partial charge is 0.472 e. The molecule has 0 fully saturated rings. The number of carbonyl (C=O) groups excluding carboxylic acids is 1. The van der Waals surface area contributed by atoms with Crippen LogP contribution >= 0.6 is 7.82 Å². The Balaban J connectivity index is 3.98. The number of rotatable bonds is 44. The van der Waals surface area contributed by atoms with Crippen molar-refractivity contribution < 1.29 is 32.8 Å². The summed E-state index contributed by atoms with van der Waals surface area (Å²) >= 11 is 0. The number of unbranched alkanes of at least 4 members (excludes halogenated alkanes) is 31. The number of phosphoric ester groups is 1. The number of carbonyl (C=O) groups is 1. The molecular formula is C44H88NO7P. The van der Waals surface area contributed by atoms with Crippen molar-refractivity contribution in [1.82, 2.24) is 0 Å². The first kappa shape index (κ1) is 52.1. The van der Waals surface area contributed by atoms with Gasteiger partial charge in [0.25, 0.3) is 0 Å². The lowest BCUT2D eigenvalue weighted by Crippen LogP contribution is -2.27. The number of phosphoric acid groups is 1. The monoisotopic (exact) mass is 774 g/mol. The molecule has 3 N–H and O–H groups in total. The molecule has 0 aromatic rings. The van der Waals surface area contributed by atoms with Crippen molar-refractivity contribution in [2.45, 2.75) is 238 Å². The molecule has 0 aliphatic rings. The van der Waals surface area contributed by atoms with E-state index in [1.807, 2.05) is 6.08 Å². The first-order valence-corrected chi connectivity index (χ1v) is 24.2. The van der Waals surface area contributed by atoms with Gasteiger partial charge in [-0.25, -0.2) is 4.57 Å². The summed E-state index contributed by atoms with van der Waals surface area (Å²) in [5.41, 5.74) is 5.37. The van der Waals surface area contributed by atoms with Gasteiger partial charge in [0.2, 0.25) is 0 Å². The van der Waals surface area contributed by atoms with E-state index in [2.05, 4.69) is 13.8 Å². The Morgan fingerprint density at radius 2 is 0.943 bits per heavy atom. The van der Waals surface area contributed by atoms with Crippen molar-refractivity contribution in [2.75, 3.05) is 26.4 Å². The fourth-order valence-electron chi connectivity index (χ4n) is 6.67. The highest BCUT2D eigenvalue weighted by Gasteiger charge is 2.25. The van der Waals surface area contributed by atoms with Crippen molar-refractivity contribution in [2.24, 2.45) is 5.73 Å². The van der Waals surface area contributed by atoms with Crippen LogP contribution in [-0.4, -0.2) is 43.3 Å². The van der Waals surface area contributed by atoms with Crippen LogP contribution in [0.5, 0.6) is 0 Å². The molecule has 0 saturated heterocycles. The second-order valence-electron chi connectivity index (χ2n) is 15.3. The average molecular weight is 774 g/mol. The highest BCUT2D eigenvalue weighted by atomic mass is 31.2. The summed E-state index contributed by atoms with van der Waals surface area (Å²) in [5.74, 6) is -0.347. The van der Waals surface area contributed by atoms with Gasteiger partial charge in [-0.1, -0.05) is 206 Å². The first-order valence-electron chi connectivity index (χ1n) is 22.7. The summed E-state index contributed by atoms with van der Waals surface area (Å²) in [6, 6.07) is 0. The van der Waals surface area contributed by atoms with E-state index in [0.29, 0.717) is 6.42 Å². The zero-order chi connectivity index (χ0) is 38.8. The van der Waals surface area contributed by atoms with E-state index in [1.165, 1.54) is 180 Å². The highest BCUT2D eigenvalue weighted by Crippen LogP contribution is 2.43. The van der Waals surface area contributed by atoms with Crippen LogP contribution in [0.1, 0.15) is 232 Å². The van der Waals surface area contributed by atoms with E-state index >= 15 is 0 Å². The molecule has 0 aliphatic carbocycles. The molecule has 0 amide bonds. The molecule has 0 rings (SSSR count). The number of allylic oxidation sites excluding steroid dienone is 1. The van der Waals surface area contributed by atoms with Crippen molar-refractivity contribution in [3.63, 3.8) is 0 Å². The zero-order valence-electron chi connectivity index (χ0n) is 35.0. The molecule has 9 heteroatoms. The van der Waals surface area contributed by atoms with E-state index in [1.54, 1.807) is 6.26 Å². The molecule has 53 heavy (non-hydrogen) atoms. The van der Waals surface area contributed by atoms with Crippen LogP contribution in [0.4, 0.5) is 0 Å². The topological polar surface area (TPSA) is 117 Å². The Kier molecular flexibility index (Phi) is 41.5. The molecule has 8 nitrogen and oxygen atoms in total. The maximum absolute atomic E-state index is 12.6. The molecule has 0 bridgehead atoms. The molecule has 0 spiro atoms. The molecule has 0 aromatic carbocycles. The minimum atomic E-state index is -4.29.